The minimum absolute atomic E-state index is 0.0463. The summed E-state index contributed by atoms with van der Waals surface area (Å²) in [6.07, 6.45) is 0. The van der Waals surface area contributed by atoms with Crippen LogP contribution >= 0.6 is 0 Å². The van der Waals surface area contributed by atoms with Crippen molar-refractivity contribution in [1.29, 1.82) is 0 Å². The van der Waals surface area contributed by atoms with Gasteiger partial charge in [-0.3, -0.25) is 14.3 Å². The Labute approximate surface area is 187 Å². The fourth-order valence-electron chi connectivity index (χ4n) is 3.59. The first-order valence-corrected chi connectivity index (χ1v) is 11.7. The first kappa shape index (κ1) is 21.6. The summed E-state index contributed by atoms with van der Waals surface area (Å²) in [4.78, 5) is 29.1. The van der Waals surface area contributed by atoms with E-state index in [-0.39, 0.29) is 16.7 Å². The monoisotopic (exact) mass is 449 g/mol. The molecule has 8 heteroatoms. The van der Waals surface area contributed by atoms with Crippen molar-refractivity contribution >= 4 is 27.5 Å². The minimum atomic E-state index is -3.74. The Balaban J connectivity index is 1.41. The molecule has 1 aliphatic heterocycles. The molecule has 0 atom stereocenters. The lowest BCUT2D eigenvalue weighted by Gasteiger charge is -2.35. The molecular weight excluding hydrogens is 426 g/mol. The van der Waals surface area contributed by atoms with Crippen molar-refractivity contribution in [2.24, 2.45) is 0 Å². The van der Waals surface area contributed by atoms with Crippen LogP contribution in [-0.4, -0.2) is 56.2 Å². The second kappa shape index (κ2) is 9.23. The van der Waals surface area contributed by atoms with Gasteiger partial charge in [-0.2, -0.15) is 0 Å². The Hall–Kier alpha value is -3.65. The molecule has 32 heavy (non-hydrogen) atoms. The van der Waals surface area contributed by atoms with Crippen molar-refractivity contribution < 1.29 is 18.0 Å². The zero-order chi connectivity index (χ0) is 22.6. The van der Waals surface area contributed by atoms with E-state index >= 15 is 0 Å². The summed E-state index contributed by atoms with van der Waals surface area (Å²) in [5.41, 5.74) is 1.34. The molecule has 3 aromatic rings. The molecule has 0 saturated carbocycles. The number of sulfonamides is 1. The predicted octanol–water partition coefficient (Wildman–Crippen LogP) is 3.09. The fourth-order valence-corrected chi connectivity index (χ4v) is 4.66. The van der Waals surface area contributed by atoms with Crippen LogP contribution in [0.3, 0.4) is 0 Å². The van der Waals surface area contributed by atoms with E-state index in [0.29, 0.717) is 43.0 Å². The van der Waals surface area contributed by atoms with Gasteiger partial charge in [0.15, 0.2) is 0 Å². The second-order valence-corrected chi connectivity index (χ2v) is 9.13. The Bertz CT molecular complexity index is 1210. The molecule has 1 saturated heterocycles. The molecule has 4 rings (SSSR count). The van der Waals surface area contributed by atoms with E-state index in [1.165, 1.54) is 18.2 Å². The van der Waals surface area contributed by atoms with E-state index in [1.54, 1.807) is 58.3 Å². The van der Waals surface area contributed by atoms with Gasteiger partial charge < -0.3 is 9.80 Å². The van der Waals surface area contributed by atoms with E-state index in [9.17, 15) is 18.0 Å². The van der Waals surface area contributed by atoms with E-state index in [0.717, 1.165) is 0 Å². The van der Waals surface area contributed by atoms with Gasteiger partial charge in [0.05, 0.1) is 4.90 Å². The third-order valence-corrected chi connectivity index (χ3v) is 6.69. The maximum atomic E-state index is 13.0. The number of nitrogens with one attached hydrogen (secondary N) is 1. The second-order valence-electron chi connectivity index (χ2n) is 7.45. The quantitative estimate of drug-likeness (QED) is 0.649. The van der Waals surface area contributed by atoms with E-state index in [1.807, 2.05) is 18.2 Å². The summed E-state index contributed by atoms with van der Waals surface area (Å²) in [7, 11) is -3.74. The number of hydrogen-bond donors (Lipinski definition) is 1. The summed E-state index contributed by atoms with van der Waals surface area (Å²) < 4.78 is 27.6. The summed E-state index contributed by atoms with van der Waals surface area (Å²) in [6, 6.07) is 23.6. The summed E-state index contributed by atoms with van der Waals surface area (Å²) in [5, 5.41) is 0. The number of anilines is 1. The Morgan fingerprint density at radius 1 is 0.656 bits per heavy atom. The van der Waals surface area contributed by atoms with Crippen LogP contribution in [0.25, 0.3) is 0 Å². The highest BCUT2D eigenvalue weighted by atomic mass is 32.2. The molecular formula is C24H23N3O4S. The largest absolute Gasteiger partial charge is 0.335 e. The number of rotatable bonds is 5. The van der Waals surface area contributed by atoms with E-state index < -0.39 is 10.0 Å². The van der Waals surface area contributed by atoms with E-state index in [2.05, 4.69) is 4.72 Å². The Morgan fingerprint density at radius 2 is 1.16 bits per heavy atom. The van der Waals surface area contributed by atoms with Gasteiger partial charge in [-0.1, -0.05) is 42.5 Å². The van der Waals surface area contributed by atoms with Crippen molar-refractivity contribution in [2.45, 2.75) is 4.90 Å². The average molecular weight is 450 g/mol. The van der Waals surface area contributed by atoms with Gasteiger partial charge in [0, 0.05) is 43.0 Å². The third-order valence-electron chi connectivity index (χ3n) is 5.29. The summed E-state index contributed by atoms with van der Waals surface area (Å²) >= 11 is 0. The van der Waals surface area contributed by atoms with Gasteiger partial charge in [0.1, 0.15) is 0 Å². The smallest absolute Gasteiger partial charge is 0.261 e. The maximum Gasteiger partial charge on any atom is 0.261 e. The van der Waals surface area contributed by atoms with Crippen LogP contribution in [0.1, 0.15) is 20.7 Å². The number of hydrogen-bond acceptors (Lipinski definition) is 4. The summed E-state index contributed by atoms with van der Waals surface area (Å²) in [5.74, 6) is -0.243. The average Bonchev–Trinajstić information content (AvgIpc) is 2.84. The number of nitrogens with zero attached hydrogens (tertiary/aromatic N) is 2. The van der Waals surface area contributed by atoms with Gasteiger partial charge in [-0.05, 0) is 42.5 Å². The van der Waals surface area contributed by atoms with Gasteiger partial charge >= 0.3 is 0 Å². The molecule has 1 aliphatic rings. The molecule has 1 heterocycles. The number of benzene rings is 3. The van der Waals surface area contributed by atoms with Gasteiger partial charge in [-0.15, -0.1) is 0 Å². The lowest BCUT2D eigenvalue weighted by atomic mass is 10.1. The first-order valence-electron chi connectivity index (χ1n) is 10.3. The van der Waals surface area contributed by atoms with Crippen molar-refractivity contribution in [3.8, 4) is 0 Å². The predicted molar refractivity (Wildman–Crippen MR) is 122 cm³/mol. The molecule has 164 valence electrons. The van der Waals surface area contributed by atoms with E-state index in [4.69, 9.17) is 0 Å². The molecule has 0 aliphatic carbocycles. The SMILES string of the molecule is O=C(c1ccccc1)N1CCN(C(=O)c2cccc(NS(=O)(=O)c3ccccc3)c2)CC1. The zero-order valence-electron chi connectivity index (χ0n) is 17.3. The number of piperazine rings is 1. The van der Waals surface area contributed by atoms with Crippen molar-refractivity contribution in [3.05, 3.63) is 96.1 Å². The highest BCUT2D eigenvalue weighted by molar-refractivity contribution is 7.92. The molecule has 0 unspecified atom stereocenters. The Morgan fingerprint density at radius 3 is 1.75 bits per heavy atom. The molecule has 2 amide bonds. The lowest BCUT2D eigenvalue weighted by Crippen LogP contribution is -2.50. The highest BCUT2D eigenvalue weighted by Gasteiger charge is 2.25. The standard InChI is InChI=1S/C24H23N3O4S/c28-23(19-8-3-1-4-9-19)26-14-16-27(17-15-26)24(29)20-10-7-11-21(18-20)25-32(30,31)22-12-5-2-6-13-22/h1-13,18,25H,14-17H2. The molecule has 1 N–H and O–H groups in total. The number of carbonyl (C=O) groups excluding carboxylic acids is 2. The third kappa shape index (κ3) is 4.81. The normalized spacial score (nSPS) is 14.1. The van der Waals surface area contributed by atoms with Gasteiger partial charge in [0.25, 0.3) is 21.8 Å². The molecule has 0 radical (unpaired) electrons. The maximum absolute atomic E-state index is 13.0. The summed E-state index contributed by atoms with van der Waals surface area (Å²) in [6.45, 7) is 1.72. The van der Waals surface area contributed by atoms with Crippen LogP contribution in [0.5, 0.6) is 0 Å². The fraction of sp³-hybridized carbons (Fsp3) is 0.167. The molecule has 7 nitrogen and oxygen atoms in total. The van der Waals surface area contributed by atoms with Crippen LogP contribution in [0.4, 0.5) is 5.69 Å². The highest BCUT2D eigenvalue weighted by Crippen LogP contribution is 2.19. The molecule has 3 aromatic carbocycles. The molecule has 1 fully saturated rings. The lowest BCUT2D eigenvalue weighted by molar-refractivity contribution is 0.0535. The number of amides is 2. The van der Waals surface area contributed by atoms with Crippen molar-refractivity contribution in [3.63, 3.8) is 0 Å². The van der Waals surface area contributed by atoms with Crippen LogP contribution < -0.4 is 4.72 Å². The van der Waals surface area contributed by atoms with Gasteiger partial charge in [-0.25, -0.2) is 8.42 Å². The number of carbonyl (C=O) groups is 2. The molecule has 0 aromatic heterocycles. The Kier molecular flexibility index (Phi) is 6.23. The molecule has 0 spiro atoms. The van der Waals surface area contributed by atoms with Crippen molar-refractivity contribution in [2.75, 3.05) is 30.9 Å². The topological polar surface area (TPSA) is 86.8 Å². The van der Waals surface area contributed by atoms with Crippen LogP contribution in [0, 0.1) is 0 Å². The van der Waals surface area contributed by atoms with Gasteiger partial charge in [0.2, 0.25) is 0 Å². The van der Waals surface area contributed by atoms with Crippen LogP contribution in [0.2, 0.25) is 0 Å². The van der Waals surface area contributed by atoms with Crippen LogP contribution in [-0.2, 0) is 10.0 Å². The van der Waals surface area contributed by atoms with Crippen molar-refractivity contribution in [1.82, 2.24) is 9.80 Å². The van der Waals surface area contributed by atoms with Crippen LogP contribution in [0.15, 0.2) is 89.8 Å². The first-order chi connectivity index (χ1) is 15.4. The zero-order valence-corrected chi connectivity index (χ0v) is 18.2. The minimum Gasteiger partial charge on any atom is -0.335 e. The molecule has 0 bridgehead atoms.